The Morgan fingerprint density at radius 2 is 1.95 bits per heavy atom. The fraction of sp³-hybridized carbons (Fsp3) is 0.385. The van der Waals surface area contributed by atoms with Crippen molar-refractivity contribution in [3.05, 3.63) is 30.5 Å². The van der Waals surface area contributed by atoms with Crippen molar-refractivity contribution in [2.45, 2.75) is 27.2 Å². The Bertz CT molecular complexity index is 690. The number of nitrogens with one attached hydrogen (secondary N) is 1. The van der Waals surface area contributed by atoms with E-state index < -0.39 is 0 Å². The second-order valence-corrected chi connectivity index (χ2v) is 5.80. The molecule has 3 rings (SSSR count). The number of hydrogen-bond acceptors (Lipinski definition) is 4. The first kappa shape index (κ1) is 11.8. The molecule has 0 bridgehead atoms. The van der Waals surface area contributed by atoms with Gasteiger partial charge in [0.25, 0.3) is 0 Å². The molecule has 0 aliphatic heterocycles. The predicted molar refractivity (Wildman–Crippen MR) is 72.0 cm³/mol. The lowest BCUT2D eigenvalue weighted by molar-refractivity contribution is 0.402. The summed E-state index contributed by atoms with van der Waals surface area (Å²) in [6, 6.07) is 1.89. The third-order valence-corrected chi connectivity index (χ3v) is 2.72. The largest absolute Gasteiger partial charge is 0.341 e. The maximum absolute atomic E-state index is 4.60. The van der Waals surface area contributed by atoms with E-state index in [9.17, 15) is 0 Å². The smallest absolute Gasteiger partial charge is 0.176 e. The molecule has 0 aromatic carbocycles. The van der Waals surface area contributed by atoms with Crippen molar-refractivity contribution in [2.24, 2.45) is 5.41 Å². The molecule has 19 heavy (non-hydrogen) atoms. The third kappa shape index (κ3) is 2.47. The van der Waals surface area contributed by atoms with E-state index in [1.807, 2.05) is 6.07 Å². The summed E-state index contributed by atoms with van der Waals surface area (Å²) in [5.74, 6) is 1.65. The summed E-state index contributed by atoms with van der Waals surface area (Å²) in [5, 5.41) is 8.13. The number of aromatic amines is 1. The molecule has 98 valence electrons. The summed E-state index contributed by atoms with van der Waals surface area (Å²) in [5.41, 5.74) is 2.03. The van der Waals surface area contributed by atoms with Crippen molar-refractivity contribution in [3.8, 4) is 5.82 Å². The Hall–Kier alpha value is -2.24. The molecular formula is C13H16N6. The van der Waals surface area contributed by atoms with Gasteiger partial charge in [-0.1, -0.05) is 20.8 Å². The van der Waals surface area contributed by atoms with E-state index in [1.165, 1.54) is 4.80 Å². The molecule has 0 spiro atoms. The molecule has 0 unspecified atom stereocenters. The van der Waals surface area contributed by atoms with Crippen LogP contribution in [-0.4, -0.2) is 29.9 Å². The molecule has 0 atom stereocenters. The number of H-pyrrole nitrogens is 1. The summed E-state index contributed by atoms with van der Waals surface area (Å²) in [6.07, 6.45) is 5.92. The molecule has 3 heterocycles. The SMILES string of the molecule is CC(C)(C)Cc1nc2cc(-n3nccn3)ncc2[nH]1. The van der Waals surface area contributed by atoms with Gasteiger partial charge in [-0.3, -0.25) is 0 Å². The standard InChI is InChI=1S/C13H16N6/c1-13(2,3)7-11-17-9-6-12(14-8-10(9)18-11)19-15-4-5-16-19/h4-6,8H,7H2,1-3H3,(H,17,18). The van der Waals surface area contributed by atoms with Crippen molar-refractivity contribution in [1.82, 2.24) is 29.9 Å². The molecular weight excluding hydrogens is 240 g/mol. The Labute approximate surface area is 110 Å². The van der Waals surface area contributed by atoms with Crippen LogP contribution < -0.4 is 0 Å². The maximum atomic E-state index is 4.60. The van der Waals surface area contributed by atoms with E-state index in [2.05, 4.69) is 45.9 Å². The highest BCUT2D eigenvalue weighted by atomic mass is 15.5. The maximum Gasteiger partial charge on any atom is 0.176 e. The second kappa shape index (κ2) is 4.15. The number of nitrogens with zero attached hydrogens (tertiary/aromatic N) is 5. The number of aromatic nitrogens is 6. The van der Waals surface area contributed by atoms with Crippen molar-refractivity contribution in [2.75, 3.05) is 0 Å². The molecule has 3 aromatic rings. The van der Waals surface area contributed by atoms with Gasteiger partial charge in [0.1, 0.15) is 5.82 Å². The zero-order valence-electron chi connectivity index (χ0n) is 11.3. The van der Waals surface area contributed by atoms with Crippen LogP contribution in [0.25, 0.3) is 16.9 Å². The normalized spacial score (nSPS) is 12.2. The zero-order valence-corrected chi connectivity index (χ0v) is 11.3. The average molecular weight is 256 g/mol. The van der Waals surface area contributed by atoms with E-state index in [0.29, 0.717) is 5.82 Å². The number of imidazole rings is 1. The summed E-state index contributed by atoms with van der Waals surface area (Å²) in [4.78, 5) is 13.7. The minimum Gasteiger partial charge on any atom is -0.341 e. The van der Waals surface area contributed by atoms with Crippen molar-refractivity contribution in [3.63, 3.8) is 0 Å². The second-order valence-electron chi connectivity index (χ2n) is 5.80. The van der Waals surface area contributed by atoms with Gasteiger partial charge < -0.3 is 4.98 Å². The molecule has 0 aliphatic rings. The van der Waals surface area contributed by atoms with Gasteiger partial charge in [0.2, 0.25) is 0 Å². The van der Waals surface area contributed by atoms with E-state index in [1.54, 1.807) is 18.6 Å². The van der Waals surface area contributed by atoms with Gasteiger partial charge in [-0.25, -0.2) is 9.97 Å². The number of rotatable bonds is 2. The van der Waals surface area contributed by atoms with Crippen LogP contribution in [0.15, 0.2) is 24.7 Å². The monoisotopic (exact) mass is 256 g/mol. The molecule has 0 amide bonds. The summed E-state index contributed by atoms with van der Waals surface area (Å²) < 4.78 is 0. The van der Waals surface area contributed by atoms with Gasteiger partial charge in [0.05, 0.1) is 29.6 Å². The fourth-order valence-corrected chi connectivity index (χ4v) is 1.98. The van der Waals surface area contributed by atoms with E-state index in [4.69, 9.17) is 0 Å². The van der Waals surface area contributed by atoms with E-state index in [-0.39, 0.29) is 5.41 Å². The highest BCUT2D eigenvalue weighted by molar-refractivity contribution is 5.75. The van der Waals surface area contributed by atoms with E-state index >= 15 is 0 Å². The molecule has 3 aromatic heterocycles. The van der Waals surface area contributed by atoms with Gasteiger partial charge in [-0.2, -0.15) is 10.2 Å². The molecule has 6 nitrogen and oxygen atoms in total. The topological polar surface area (TPSA) is 72.3 Å². The Balaban J connectivity index is 2.00. The molecule has 0 aliphatic carbocycles. The first-order valence-electron chi connectivity index (χ1n) is 6.23. The summed E-state index contributed by atoms with van der Waals surface area (Å²) in [6.45, 7) is 6.58. The number of hydrogen-bond donors (Lipinski definition) is 1. The molecule has 0 saturated heterocycles. The van der Waals surface area contributed by atoms with Crippen LogP contribution in [0.4, 0.5) is 0 Å². The van der Waals surface area contributed by atoms with Gasteiger partial charge in [-0.05, 0) is 5.41 Å². The van der Waals surface area contributed by atoms with Crippen LogP contribution in [0.1, 0.15) is 26.6 Å². The van der Waals surface area contributed by atoms with E-state index in [0.717, 1.165) is 23.3 Å². The fourth-order valence-electron chi connectivity index (χ4n) is 1.98. The van der Waals surface area contributed by atoms with Crippen molar-refractivity contribution < 1.29 is 0 Å². The van der Waals surface area contributed by atoms with Crippen LogP contribution in [0.5, 0.6) is 0 Å². The highest BCUT2D eigenvalue weighted by Crippen LogP contribution is 2.21. The van der Waals surface area contributed by atoms with Crippen LogP contribution in [0.2, 0.25) is 0 Å². The zero-order chi connectivity index (χ0) is 13.5. The molecule has 0 fully saturated rings. The van der Waals surface area contributed by atoms with Crippen LogP contribution in [-0.2, 0) is 6.42 Å². The Kier molecular flexibility index (Phi) is 2.58. The average Bonchev–Trinajstić information content (AvgIpc) is 2.93. The molecule has 0 saturated carbocycles. The summed E-state index contributed by atoms with van der Waals surface area (Å²) in [7, 11) is 0. The van der Waals surface area contributed by atoms with Crippen molar-refractivity contribution >= 4 is 11.0 Å². The first-order chi connectivity index (χ1) is 9.01. The minimum absolute atomic E-state index is 0.202. The Morgan fingerprint density at radius 3 is 2.63 bits per heavy atom. The van der Waals surface area contributed by atoms with Crippen LogP contribution >= 0.6 is 0 Å². The van der Waals surface area contributed by atoms with Crippen LogP contribution in [0, 0.1) is 5.41 Å². The van der Waals surface area contributed by atoms with Crippen molar-refractivity contribution in [1.29, 1.82) is 0 Å². The molecule has 0 radical (unpaired) electrons. The quantitative estimate of drug-likeness (QED) is 0.762. The van der Waals surface area contributed by atoms with Gasteiger partial charge in [0.15, 0.2) is 5.82 Å². The summed E-state index contributed by atoms with van der Waals surface area (Å²) >= 11 is 0. The Morgan fingerprint density at radius 1 is 1.21 bits per heavy atom. The highest BCUT2D eigenvalue weighted by Gasteiger charge is 2.14. The number of fused-ring (bicyclic) bond motifs is 1. The molecule has 1 N–H and O–H groups in total. The predicted octanol–water partition coefficient (Wildman–Crippen LogP) is 2.13. The third-order valence-electron chi connectivity index (χ3n) is 2.72. The van der Waals surface area contributed by atoms with Gasteiger partial charge in [0, 0.05) is 12.5 Å². The lowest BCUT2D eigenvalue weighted by atomic mass is 9.92. The van der Waals surface area contributed by atoms with Gasteiger partial charge >= 0.3 is 0 Å². The van der Waals surface area contributed by atoms with Crippen LogP contribution in [0.3, 0.4) is 0 Å². The minimum atomic E-state index is 0.202. The lowest BCUT2D eigenvalue weighted by Crippen LogP contribution is -2.10. The lowest BCUT2D eigenvalue weighted by Gasteiger charge is -2.15. The molecule has 6 heteroatoms. The van der Waals surface area contributed by atoms with Gasteiger partial charge in [-0.15, -0.1) is 4.80 Å². The first-order valence-corrected chi connectivity index (χ1v) is 6.23. The number of pyridine rings is 1.